The Hall–Kier alpha value is -2.84. The number of nitrogens with zero attached hydrogens (tertiary/aromatic N) is 1. The first kappa shape index (κ1) is 18.9. The number of rotatable bonds is 6. The number of thiazole rings is 1. The van der Waals surface area contributed by atoms with Crippen LogP contribution in [0.4, 0.5) is 5.13 Å². The summed E-state index contributed by atoms with van der Waals surface area (Å²) in [6.45, 7) is 2.12. The van der Waals surface area contributed by atoms with E-state index in [9.17, 15) is 9.59 Å². The molecule has 3 rings (SSSR count). The average molecular weight is 399 g/mol. The van der Waals surface area contributed by atoms with E-state index in [2.05, 4.69) is 20.6 Å². The summed E-state index contributed by atoms with van der Waals surface area (Å²) < 4.78 is 0.390. The van der Waals surface area contributed by atoms with Gasteiger partial charge in [-0.05, 0) is 24.1 Å². The van der Waals surface area contributed by atoms with Crippen LogP contribution in [-0.4, -0.2) is 28.3 Å². The molecule has 0 saturated heterocycles. The molecule has 0 aliphatic heterocycles. The molecular formula is C19H18N4O2S2. The zero-order valence-corrected chi connectivity index (χ0v) is 16.2. The van der Waals surface area contributed by atoms with E-state index in [4.69, 9.17) is 12.2 Å². The maximum absolute atomic E-state index is 12.3. The molecule has 3 aromatic rings. The van der Waals surface area contributed by atoms with Gasteiger partial charge in [0.1, 0.15) is 4.64 Å². The summed E-state index contributed by atoms with van der Waals surface area (Å²) in [5, 5.41) is 7.97. The third-order valence-corrected chi connectivity index (χ3v) is 4.92. The molecular weight excluding hydrogens is 380 g/mol. The molecule has 0 bridgehead atoms. The number of carbonyl (C=O) groups is 2. The molecule has 0 saturated carbocycles. The number of benzene rings is 1. The Morgan fingerprint density at radius 2 is 2.00 bits per heavy atom. The molecule has 138 valence electrons. The van der Waals surface area contributed by atoms with Gasteiger partial charge in [0.15, 0.2) is 5.13 Å². The van der Waals surface area contributed by atoms with Crippen molar-refractivity contribution in [1.29, 1.82) is 0 Å². The molecule has 27 heavy (non-hydrogen) atoms. The van der Waals surface area contributed by atoms with E-state index in [1.54, 1.807) is 18.3 Å². The van der Waals surface area contributed by atoms with Gasteiger partial charge in [-0.3, -0.25) is 14.9 Å². The molecule has 2 aromatic heterocycles. The summed E-state index contributed by atoms with van der Waals surface area (Å²) in [6, 6.07) is 11.4. The monoisotopic (exact) mass is 398 g/mol. The lowest BCUT2D eigenvalue weighted by atomic mass is 10.1. The second-order valence-corrected chi connectivity index (χ2v) is 7.10. The Morgan fingerprint density at radius 3 is 2.70 bits per heavy atom. The van der Waals surface area contributed by atoms with E-state index in [0.717, 1.165) is 23.2 Å². The summed E-state index contributed by atoms with van der Waals surface area (Å²) in [6.07, 6.45) is 2.45. The highest BCUT2D eigenvalue weighted by molar-refractivity contribution is 7.71. The first-order valence-electron chi connectivity index (χ1n) is 8.31. The number of anilines is 1. The van der Waals surface area contributed by atoms with Gasteiger partial charge in [-0.15, -0.1) is 11.3 Å². The summed E-state index contributed by atoms with van der Waals surface area (Å²) >= 11 is 6.49. The van der Waals surface area contributed by atoms with Crippen molar-refractivity contribution in [2.24, 2.45) is 0 Å². The fraction of sp³-hybridized carbons (Fsp3) is 0.158. The molecule has 8 heteroatoms. The van der Waals surface area contributed by atoms with E-state index in [1.165, 1.54) is 18.3 Å². The molecule has 3 N–H and O–H groups in total. The van der Waals surface area contributed by atoms with Crippen molar-refractivity contribution in [2.75, 3.05) is 11.9 Å². The predicted molar refractivity (Wildman–Crippen MR) is 110 cm³/mol. The van der Waals surface area contributed by atoms with Crippen molar-refractivity contribution < 1.29 is 9.59 Å². The molecule has 2 heterocycles. The van der Waals surface area contributed by atoms with E-state index in [0.29, 0.717) is 21.9 Å². The smallest absolute Gasteiger partial charge is 0.260 e. The normalized spacial score (nSPS) is 10.4. The molecule has 0 aliphatic carbocycles. The van der Waals surface area contributed by atoms with Gasteiger partial charge in [-0.1, -0.05) is 36.5 Å². The van der Waals surface area contributed by atoms with Crippen LogP contribution >= 0.6 is 23.6 Å². The summed E-state index contributed by atoms with van der Waals surface area (Å²) in [4.78, 5) is 30.5. The lowest BCUT2D eigenvalue weighted by molar-refractivity contribution is -0.118. The summed E-state index contributed by atoms with van der Waals surface area (Å²) in [5.74, 6) is -0.314. The third kappa shape index (κ3) is 5.08. The average Bonchev–Trinajstić information content (AvgIpc) is 3.11. The van der Waals surface area contributed by atoms with Gasteiger partial charge in [0.05, 0.1) is 11.3 Å². The lowest BCUT2D eigenvalue weighted by Crippen LogP contribution is -2.22. The number of nitrogens with one attached hydrogen (secondary N) is 3. The van der Waals surface area contributed by atoms with E-state index in [1.807, 2.05) is 29.6 Å². The van der Waals surface area contributed by atoms with Crippen LogP contribution in [0.15, 0.2) is 48.0 Å². The molecule has 0 atom stereocenters. The molecule has 6 nitrogen and oxygen atoms in total. The van der Waals surface area contributed by atoms with Crippen LogP contribution in [0.1, 0.15) is 22.8 Å². The van der Waals surface area contributed by atoms with Crippen molar-refractivity contribution in [3.05, 3.63) is 63.7 Å². The Kier molecular flexibility index (Phi) is 6.10. The number of aromatic amines is 1. The second kappa shape index (κ2) is 8.70. The Morgan fingerprint density at radius 1 is 1.22 bits per heavy atom. The molecule has 2 amide bonds. The van der Waals surface area contributed by atoms with Crippen LogP contribution in [0.25, 0.3) is 11.3 Å². The van der Waals surface area contributed by atoms with E-state index < -0.39 is 0 Å². The summed E-state index contributed by atoms with van der Waals surface area (Å²) in [7, 11) is 0. The highest BCUT2D eigenvalue weighted by atomic mass is 32.1. The van der Waals surface area contributed by atoms with E-state index in [-0.39, 0.29) is 11.8 Å². The second-order valence-electron chi connectivity index (χ2n) is 5.83. The Labute approximate surface area is 165 Å². The van der Waals surface area contributed by atoms with Crippen LogP contribution in [0.5, 0.6) is 0 Å². The van der Waals surface area contributed by atoms with Crippen LogP contribution in [0.3, 0.4) is 0 Å². The SMILES string of the molecule is CC(=O)NCCc1ccc(-c2csc(NC(=O)c3ccc[nH]c3=S)n2)cc1. The van der Waals surface area contributed by atoms with Crippen molar-refractivity contribution in [2.45, 2.75) is 13.3 Å². The highest BCUT2D eigenvalue weighted by Crippen LogP contribution is 2.25. The fourth-order valence-corrected chi connectivity index (χ4v) is 3.40. The first-order valence-corrected chi connectivity index (χ1v) is 9.60. The molecule has 0 radical (unpaired) electrons. The number of pyridine rings is 1. The van der Waals surface area contributed by atoms with Gasteiger partial charge >= 0.3 is 0 Å². The number of hydrogen-bond acceptors (Lipinski definition) is 5. The van der Waals surface area contributed by atoms with Crippen LogP contribution in [-0.2, 0) is 11.2 Å². The Bertz CT molecular complexity index is 1010. The minimum Gasteiger partial charge on any atom is -0.356 e. The third-order valence-electron chi connectivity index (χ3n) is 3.82. The quantitative estimate of drug-likeness (QED) is 0.551. The molecule has 0 fully saturated rings. The van der Waals surface area contributed by atoms with Gasteiger partial charge in [0.25, 0.3) is 5.91 Å². The highest BCUT2D eigenvalue weighted by Gasteiger charge is 2.11. The molecule has 0 unspecified atom stereocenters. The van der Waals surface area contributed by atoms with Gasteiger partial charge in [0, 0.05) is 30.6 Å². The lowest BCUT2D eigenvalue weighted by Gasteiger charge is -2.04. The predicted octanol–water partition coefficient (Wildman–Crippen LogP) is 3.80. The number of amides is 2. The Balaban J connectivity index is 1.65. The fourth-order valence-electron chi connectivity index (χ4n) is 2.45. The topological polar surface area (TPSA) is 86.9 Å². The van der Waals surface area contributed by atoms with Crippen molar-refractivity contribution >= 4 is 40.5 Å². The number of carbonyl (C=O) groups excluding carboxylic acids is 2. The van der Waals surface area contributed by atoms with Crippen molar-refractivity contribution in [3.63, 3.8) is 0 Å². The summed E-state index contributed by atoms with van der Waals surface area (Å²) in [5.41, 5.74) is 3.30. The van der Waals surface area contributed by atoms with E-state index >= 15 is 0 Å². The van der Waals surface area contributed by atoms with Gasteiger partial charge in [0.2, 0.25) is 5.91 Å². The maximum Gasteiger partial charge on any atom is 0.260 e. The maximum atomic E-state index is 12.3. The minimum absolute atomic E-state index is 0.0276. The van der Waals surface area contributed by atoms with Gasteiger partial charge in [-0.25, -0.2) is 4.98 Å². The zero-order valence-electron chi connectivity index (χ0n) is 14.6. The van der Waals surface area contributed by atoms with Crippen molar-refractivity contribution in [1.82, 2.24) is 15.3 Å². The van der Waals surface area contributed by atoms with Gasteiger partial charge < -0.3 is 10.3 Å². The van der Waals surface area contributed by atoms with Crippen LogP contribution in [0, 0.1) is 4.64 Å². The standard InChI is InChI=1S/C19H18N4O2S2/c1-12(24)20-10-8-13-4-6-14(7-5-13)16-11-27-19(22-16)23-17(25)15-3-2-9-21-18(15)26/h2-7,9,11H,8,10H2,1H3,(H,20,24)(H,21,26)(H,22,23,25). The zero-order chi connectivity index (χ0) is 19.2. The molecule has 0 spiro atoms. The number of hydrogen-bond donors (Lipinski definition) is 3. The van der Waals surface area contributed by atoms with Crippen LogP contribution < -0.4 is 10.6 Å². The minimum atomic E-state index is -0.286. The number of H-pyrrole nitrogens is 1. The first-order chi connectivity index (χ1) is 13.0. The van der Waals surface area contributed by atoms with Crippen LogP contribution in [0.2, 0.25) is 0 Å². The largest absolute Gasteiger partial charge is 0.356 e. The molecule has 1 aromatic carbocycles. The van der Waals surface area contributed by atoms with Crippen molar-refractivity contribution in [3.8, 4) is 11.3 Å². The van der Waals surface area contributed by atoms with Gasteiger partial charge in [-0.2, -0.15) is 0 Å². The number of aromatic nitrogens is 2. The molecule has 0 aliphatic rings.